The molecule has 0 fully saturated rings. The van der Waals surface area contributed by atoms with Gasteiger partial charge in [0.1, 0.15) is 5.82 Å². The third-order valence-corrected chi connectivity index (χ3v) is 4.01. The third kappa shape index (κ3) is 5.08. The molecule has 0 saturated heterocycles. The first-order valence-electron chi connectivity index (χ1n) is 8.62. The zero-order valence-corrected chi connectivity index (χ0v) is 15.9. The van der Waals surface area contributed by atoms with E-state index >= 15 is 0 Å². The number of hydrogen-bond acceptors (Lipinski definition) is 5. The van der Waals surface area contributed by atoms with Gasteiger partial charge in [-0.15, -0.1) is 0 Å². The van der Waals surface area contributed by atoms with Gasteiger partial charge in [0.25, 0.3) is 5.91 Å². The molecule has 0 bridgehead atoms. The van der Waals surface area contributed by atoms with E-state index in [0.717, 1.165) is 5.69 Å². The smallest absolute Gasteiger partial charge is 0.338 e. The molecule has 0 saturated carbocycles. The van der Waals surface area contributed by atoms with E-state index in [2.05, 4.69) is 15.6 Å². The Morgan fingerprint density at radius 1 is 1.00 bits per heavy atom. The Labute approximate surface area is 167 Å². The number of carbonyl (C=O) groups is 2. The first-order valence-corrected chi connectivity index (χ1v) is 9.00. The monoisotopic (exact) mass is 395 g/mol. The maximum absolute atomic E-state index is 12.2. The quantitative estimate of drug-likeness (QED) is 0.580. The standard InChI is InChI=1S/C21H18ClN3O3/c1-2-28-21(27)14-6-8-17(9-7-14)24-19-11-10-18(13-23-19)25-20(26)15-4-3-5-16(22)12-15/h3-13H,2H2,1H3,(H,23,24)(H,25,26). The number of anilines is 3. The summed E-state index contributed by atoms with van der Waals surface area (Å²) in [5, 5.41) is 6.40. The Balaban J connectivity index is 1.61. The van der Waals surface area contributed by atoms with Crippen molar-refractivity contribution in [3.05, 3.63) is 83.0 Å². The lowest BCUT2D eigenvalue weighted by Gasteiger charge is -2.09. The minimum atomic E-state index is -0.355. The van der Waals surface area contributed by atoms with Gasteiger partial charge in [-0.1, -0.05) is 17.7 Å². The molecular weight excluding hydrogens is 378 g/mol. The number of ether oxygens (including phenoxy) is 1. The van der Waals surface area contributed by atoms with Crippen molar-refractivity contribution in [2.45, 2.75) is 6.92 Å². The summed E-state index contributed by atoms with van der Waals surface area (Å²) in [7, 11) is 0. The number of amides is 1. The van der Waals surface area contributed by atoms with Crippen LogP contribution in [0.25, 0.3) is 0 Å². The van der Waals surface area contributed by atoms with Crippen LogP contribution in [-0.2, 0) is 4.74 Å². The number of nitrogens with zero attached hydrogens (tertiary/aromatic N) is 1. The van der Waals surface area contributed by atoms with Crippen molar-refractivity contribution in [3.63, 3.8) is 0 Å². The number of halogens is 1. The van der Waals surface area contributed by atoms with Crippen LogP contribution in [0.3, 0.4) is 0 Å². The van der Waals surface area contributed by atoms with Gasteiger partial charge >= 0.3 is 5.97 Å². The number of esters is 1. The number of carbonyl (C=O) groups excluding carboxylic acids is 2. The van der Waals surface area contributed by atoms with Crippen molar-refractivity contribution in [1.29, 1.82) is 0 Å². The van der Waals surface area contributed by atoms with Crippen molar-refractivity contribution in [2.24, 2.45) is 0 Å². The molecule has 1 aromatic heterocycles. The molecule has 0 aliphatic carbocycles. The lowest BCUT2D eigenvalue weighted by atomic mass is 10.2. The van der Waals surface area contributed by atoms with Gasteiger partial charge in [-0.2, -0.15) is 0 Å². The van der Waals surface area contributed by atoms with Gasteiger partial charge in [-0.05, 0) is 61.5 Å². The average Bonchev–Trinajstić information content (AvgIpc) is 2.70. The second kappa shape index (κ2) is 9.01. The van der Waals surface area contributed by atoms with Crippen LogP contribution < -0.4 is 10.6 Å². The Morgan fingerprint density at radius 2 is 1.75 bits per heavy atom. The van der Waals surface area contributed by atoms with Gasteiger partial charge in [0.05, 0.1) is 24.1 Å². The molecule has 2 N–H and O–H groups in total. The number of aromatic nitrogens is 1. The first-order chi connectivity index (χ1) is 13.5. The topological polar surface area (TPSA) is 80.3 Å². The zero-order chi connectivity index (χ0) is 19.9. The summed E-state index contributed by atoms with van der Waals surface area (Å²) in [4.78, 5) is 28.2. The van der Waals surface area contributed by atoms with Crippen LogP contribution >= 0.6 is 11.6 Å². The summed E-state index contributed by atoms with van der Waals surface area (Å²) in [6.07, 6.45) is 1.55. The number of pyridine rings is 1. The van der Waals surface area contributed by atoms with E-state index in [9.17, 15) is 9.59 Å². The van der Waals surface area contributed by atoms with Crippen LogP contribution in [0.15, 0.2) is 66.9 Å². The van der Waals surface area contributed by atoms with Crippen LogP contribution in [0.1, 0.15) is 27.6 Å². The number of benzene rings is 2. The Hall–Kier alpha value is -3.38. The van der Waals surface area contributed by atoms with Crippen molar-refractivity contribution in [2.75, 3.05) is 17.2 Å². The lowest BCUT2D eigenvalue weighted by Crippen LogP contribution is -2.12. The highest BCUT2D eigenvalue weighted by atomic mass is 35.5. The van der Waals surface area contributed by atoms with E-state index in [0.29, 0.717) is 34.3 Å². The van der Waals surface area contributed by atoms with Crippen molar-refractivity contribution >= 4 is 40.7 Å². The predicted molar refractivity (Wildman–Crippen MR) is 109 cm³/mol. The lowest BCUT2D eigenvalue weighted by molar-refractivity contribution is 0.0526. The maximum atomic E-state index is 12.2. The van der Waals surface area contributed by atoms with E-state index in [4.69, 9.17) is 16.3 Å². The van der Waals surface area contributed by atoms with Crippen LogP contribution in [0.2, 0.25) is 5.02 Å². The fraction of sp³-hybridized carbons (Fsp3) is 0.0952. The minimum Gasteiger partial charge on any atom is -0.462 e. The highest BCUT2D eigenvalue weighted by molar-refractivity contribution is 6.31. The molecule has 6 nitrogen and oxygen atoms in total. The minimum absolute atomic E-state index is 0.264. The normalized spacial score (nSPS) is 10.2. The largest absolute Gasteiger partial charge is 0.462 e. The van der Waals surface area contributed by atoms with Gasteiger partial charge in [-0.3, -0.25) is 4.79 Å². The summed E-state index contributed by atoms with van der Waals surface area (Å²) in [5.41, 5.74) is 2.29. The van der Waals surface area contributed by atoms with Crippen LogP contribution in [-0.4, -0.2) is 23.5 Å². The van der Waals surface area contributed by atoms with E-state index in [1.54, 1.807) is 73.8 Å². The van der Waals surface area contributed by atoms with Crippen LogP contribution in [0.5, 0.6) is 0 Å². The summed E-state index contributed by atoms with van der Waals surface area (Å²) in [6.45, 7) is 2.10. The molecule has 3 aromatic rings. The second-order valence-corrected chi connectivity index (χ2v) is 6.26. The molecule has 3 rings (SSSR count). The first kappa shape index (κ1) is 19.4. The summed E-state index contributed by atoms with van der Waals surface area (Å²) >= 11 is 5.91. The highest BCUT2D eigenvalue weighted by Gasteiger charge is 2.08. The van der Waals surface area contributed by atoms with Gasteiger partial charge in [0.2, 0.25) is 0 Å². The molecule has 0 aliphatic heterocycles. The number of nitrogens with one attached hydrogen (secondary N) is 2. The molecule has 7 heteroatoms. The SMILES string of the molecule is CCOC(=O)c1ccc(Nc2ccc(NC(=O)c3cccc(Cl)c3)cn2)cc1. The van der Waals surface area contributed by atoms with Crippen LogP contribution in [0.4, 0.5) is 17.2 Å². The average molecular weight is 396 g/mol. The fourth-order valence-electron chi connectivity index (χ4n) is 2.43. The fourth-order valence-corrected chi connectivity index (χ4v) is 2.62. The van der Waals surface area contributed by atoms with Gasteiger partial charge in [-0.25, -0.2) is 9.78 Å². The van der Waals surface area contributed by atoms with Crippen molar-refractivity contribution < 1.29 is 14.3 Å². The van der Waals surface area contributed by atoms with Crippen LogP contribution in [0, 0.1) is 0 Å². The maximum Gasteiger partial charge on any atom is 0.338 e. The van der Waals surface area contributed by atoms with E-state index < -0.39 is 0 Å². The Kier molecular flexibility index (Phi) is 6.24. The number of hydrogen-bond donors (Lipinski definition) is 2. The number of rotatable bonds is 6. The summed E-state index contributed by atoms with van der Waals surface area (Å²) in [6, 6.07) is 17.1. The van der Waals surface area contributed by atoms with Gasteiger partial charge < -0.3 is 15.4 Å². The molecule has 0 radical (unpaired) electrons. The molecule has 28 heavy (non-hydrogen) atoms. The molecule has 1 heterocycles. The van der Waals surface area contributed by atoms with E-state index in [-0.39, 0.29) is 11.9 Å². The molecule has 2 aromatic carbocycles. The molecule has 0 atom stereocenters. The van der Waals surface area contributed by atoms with E-state index in [1.165, 1.54) is 0 Å². The molecule has 0 spiro atoms. The predicted octanol–water partition coefficient (Wildman–Crippen LogP) is 4.91. The third-order valence-electron chi connectivity index (χ3n) is 3.78. The van der Waals surface area contributed by atoms with Crippen molar-refractivity contribution in [1.82, 2.24) is 4.98 Å². The molecule has 1 amide bonds. The highest BCUT2D eigenvalue weighted by Crippen LogP contribution is 2.18. The van der Waals surface area contributed by atoms with Gasteiger partial charge in [0, 0.05) is 16.3 Å². The second-order valence-electron chi connectivity index (χ2n) is 5.82. The zero-order valence-electron chi connectivity index (χ0n) is 15.1. The van der Waals surface area contributed by atoms with Crippen molar-refractivity contribution in [3.8, 4) is 0 Å². The van der Waals surface area contributed by atoms with E-state index in [1.807, 2.05) is 0 Å². The Bertz CT molecular complexity index is 973. The summed E-state index contributed by atoms with van der Waals surface area (Å²) < 4.78 is 4.96. The molecule has 0 unspecified atom stereocenters. The Morgan fingerprint density at radius 3 is 2.39 bits per heavy atom. The molecule has 0 aliphatic rings. The molecular formula is C21H18ClN3O3. The van der Waals surface area contributed by atoms with Gasteiger partial charge in [0.15, 0.2) is 0 Å². The summed E-state index contributed by atoms with van der Waals surface area (Å²) in [5.74, 6) is -0.0174. The molecule has 142 valence electrons.